The van der Waals surface area contributed by atoms with Gasteiger partial charge in [0, 0.05) is 19.1 Å². The summed E-state index contributed by atoms with van der Waals surface area (Å²) < 4.78 is 55.0. The standard InChI is InChI=1S/C15H22F2N2O4S/c1-4-19(5-2)14(20)10-24(21,22)18-11(3)12-6-8-13(9-7-12)23-15(16)17/h6-9,11,15,18H,4-5,10H2,1-3H3. The van der Waals surface area contributed by atoms with Crippen molar-refractivity contribution in [3.8, 4) is 5.75 Å². The number of halogens is 2. The number of nitrogens with zero attached hydrogens (tertiary/aromatic N) is 1. The van der Waals surface area contributed by atoms with E-state index in [4.69, 9.17) is 0 Å². The molecule has 24 heavy (non-hydrogen) atoms. The highest BCUT2D eigenvalue weighted by atomic mass is 32.2. The fourth-order valence-electron chi connectivity index (χ4n) is 2.15. The molecule has 0 saturated carbocycles. The summed E-state index contributed by atoms with van der Waals surface area (Å²) >= 11 is 0. The van der Waals surface area contributed by atoms with Gasteiger partial charge in [0.05, 0.1) is 0 Å². The van der Waals surface area contributed by atoms with Crippen LogP contribution in [0.15, 0.2) is 24.3 Å². The van der Waals surface area contributed by atoms with E-state index in [-0.39, 0.29) is 5.75 Å². The summed E-state index contributed by atoms with van der Waals surface area (Å²) in [5.41, 5.74) is 0.565. The number of hydrogen-bond acceptors (Lipinski definition) is 4. The highest BCUT2D eigenvalue weighted by Crippen LogP contribution is 2.19. The van der Waals surface area contributed by atoms with E-state index in [2.05, 4.69) is 9.46 Å². The van der Waals surface area contributed by atoms with E-state index < -0.39 is 34.3 Å². The quantitative estimate of drug-likeness (QED) is 0.728. The van der Waals surface area contributed by atoms with E-state index in [0.717, 1.165) is 0 Å². The average molecular weight is 364 g/mol. The number of amides is 1. The zero-order valence-electron chi connectivity index (χ0n) is 13.8. The minimum atomic E-state index is -3.81. The van der Waals surface area contributed by atoms with Crippen LogP contribution in [0.25, 0.3) is 0 Å². The second kappa shape index (κ2) is 8.93. The van der Waals surface area contributed by atoms with Crippen molar-refractivity contribution < 1.29 is 26.7 Å². The Bertz CT molecular complexity index is 631. The fraction of sp³-hybridized carbons (Fsp3) is 0.533. The van der Waals surface area contributed by atoms with Gasteiger partial charge in [-0.2, -0.15) is 8.78 Å². The van der Waals surface area contributed by atoms with Gasteiger partial charge in [0.25, 0.3) is 0 Å². The molecule has 9 heteroatoms. The van der Waals surface area contributed by atoms with Crippen molar-refractivity contribution in [1.29, 1.82) is 0 Å². The number of nitrogens with one attached hydrogen (secondary N) is 1. The third-order valence-corrected chi connectivity index (χ3v) is 4.73. The molecule has 0 aliphatic rings. The first-order valence-corrected chi connectivity index (χ1v) is 9.16. The van der Waals surface area contributed by atoms with E-state index in [1.54, 1.807) is 20.8 Å². The topological polar surface area (TPSA) is 75.7 Å². The van der Waals surface area contributed by atoms with Crippen LogP contribution in [0, 0.1) is 0 Å². The molecule has 6 nitrogen and oxygen atoms in total. The molecule has 1 rings (SSSR count). The lowest BCUT2D eigenvalue weighted by atomic mass is 10.1. The second-order valence-corrected chi connectivity index (χ2v) is 6.87. The van der Waals surface area contributed by atoms with E-state index in [1.165, 1.54) is 29.2 Å². The van der Waals surface area contributed by atoms with Crippen LogP contribution in [0.4, 0.5) is 8.78 Å². The lowest BCUT2D eigenvalue weighted by Gasteiger charge is -2.20. The zero-order valence-corrected chi connectivity index (χ0v) is 14.6. The Balaban J connectivity index is 2.71. The number of hydrogen-bond donors (Lipinski definition) is 1. The number of alkyl halides is 2. The van der Waals surface area contributed by atoms with Crippen LogP contribution in [0.5, 0.6) is 5.75 Å². The van der Waals surface area contributed by atoms with Gasteiger partial charge in [-0.15, -0.1) is 0 Å². The number of sulfonamides is 1. The van der Waals surface area contributed by atoms with Gasteiger partial charge in [0.1, 0.15) is 11.5 Å². The molecule has 0 saturated heterocycles. The van der Waals surface area contributed by atoms with Gasteiger partial charge in [0.2, 0.25) is 15.9 Å². The predicted octanol–water partition coefficient (Wildman–Crippen LogP) is 2.14. The van der Waals surface area contributed by atoms with Crippen LogP contribution in [0.2, 0.25) is 0 Å². The number of carbonyl (C=O) groups excluding carboxylic acids is 1. The molecule has 1 N–H and O–H groups in total. The van der Waals surface area contributed by atoms with Gasteiger partial charge >= 0.3 is 6.61 Å². The number of rotatable bonds is 9. The summed E-state index contributed by atoms with van der Waals surface area (Å²) in [7, 11) is -3.81. The van der Waals surface area contributed by atoms with Crippen molar-refractivity contribution in [2.24, 2.45) is 0 Å². The van der Waals surface area contributed by atoms with Crippen molar-refractivity contribution in [2.45, 2.75) is 33.4 Å². The van der Waals surface area contributed by atoms with Gasteiger partial charge in [-0.25, -0.2) is 13.1 Å². The molecule has 1 aromatic carbocycles. The summed E-state index contributed by atoms with van der Waals surface area (Å²) in [5, 5.41) is 0. The largest absolute Gasteiger partial charge is 0.435 e. The van der Waals surface area contributed by atoms with E-state index in [1.807, 2.05) is 0 Å². The molecule has 0 radical (unpaired) electrons. The minimum absolute atomic E-state index is 0.0134. The highest BCUT2D eigenvalue weighted by Gasteiger charge is 2.22. The highest BCUT2D eigenvalue weighted by molar-refractivity contribution is 7.90. The van der Waals surface area contributed by atoms with Crippen LogP contribution in [-0.2, 0) is 14.8 Å². The monoisotopic (exact) mass is 364 g/mol. The lowest BCUT2D eigenvalue weighted by molar-refractivity contribution is -0.128. The third kappa shape index (κ3) is 6.40. The third-order valence-electron chi connectivity index (χ3n) is 3.39. The summed E-state index contributed by atoms with van der Waals surface area (Å²) in [4.78, 5) is 13.3. The van der Waals surface area contributed by atoms with Gasteiger partial charge in [-0.3, -0.25) is 4.79 Å². The lowest BCUT2D eigenvalue weighted by Crippen LogP contribution is -2.40. The SMILES string of the molecule is CCN(CC)C(=O)CS(=O)(=O)NC(C)c1ccc(OC(F)F)cc1. The van der Waals surface area contributed by atoms with Crippen LogP contribution < -0.4 is 9.46 Å². The van der Waals surface area contributed by atoms with E-state index in [9.17, 15) is 22.0 Å². The number of carbonyl (C=O) groups is 1. The molecule has 1 amide bonds. The van der Waals surface area contributed by atoms with E-state index in [0.29, 0.717) is 18.7 Å². The smallest absolute Gasteiger partial charge is 0.387 e. The second-order valence-electron chi connectivity index (χ2n) is 5.11. The average Bonchev–Trinajstić information content (AvgIpc) is 2.47. The number of benzene rings is 1. The molecule has 0 spiro atoms. The van der Waals surface area contributed by atoms with Crippen molar-refractivity contribution >= 4 is 15.9 Å². The van der Waals surface area contributed by atoms with Crippen molar-refractivity contribution in [1.82, 2.24) is 9.62 Å². The summed E-state index contributed by atoms with van der Waals surface area (Å²) in [6, 6.07) is 5.01. The maximum absolute atomic E-state index is 12.1. The predicted molar refractivity (Wildman–Crippen MR) is 86.3 cm³/mol. The van der Waals surface area contributed by atoms with Gasteiger partial charge in [-0.05, 0) is 38.5 Å². The normalized spacial score (nSPS) is 12.9. The van der Waals surface area contributed by atoms with Crippen LogP contribution in [-0.4, -0.2) is 44.7 Å². The summed E-state index contributed by atoms with van der Waals surface area (Å²) in [6.07, 6.45) is 0. The van der Waals surface area contributed by atoms with Gasteiger partial charge in [0.15, 0.2) is 0 Å². The molecule has 136 valence electrons. The Morgan fingerprint density at radius 3 is 2.21 bits per heavy atom. The Labute approximate surface area is 140 Å². The maximum Gasteiger partial charge on any atom is 0.387 e. The summed E-state index contributed by atoms with van der Waals surface area (Å²) in [5.74, 6) is -1.12. The maximum atomic E-state index is 12.1. The molecule has 1 atom stereocenters. The Hall–Kier alpha value is -1.74. The first-order chi connectivity index (χ1) is 11.2. The molecule has 1 unspecified atom stereocenters. The molecular weight excluding hydrogens is 342 g/mol. The Kier molecular flexibility index (Phi) is 7.56. The van der Waals surface area contributed by atoms with Crippen LogP contribution in [0.1, 0.15) is 32.4 Å². The molecule has 0 aromatic heterocycles. The molecular formula is C15H22F2N2O4S. The van der Waals surface area contributed by atoms with Crippen LogP contribution in [0.3, 0.4) is 0 Å². The first kappa shape index (κ1) is 20.3. The van der Waals surface area contributed by atoms with Gasteiger partial charge in [-0.1, -0.05) is 12.1 Å². The molecule has 0 aliphatic carbocycles. The zero-order chi connectivity index (χ0) is 18.3. The molecule has 0 heterocycles. The van der Waals surface area contributed by atoms with Crippen molar-refractivity contribution in [3.05, 3.63) is 29.8 Å². The Morgan fingerprint density at radius 1 is 1.21 bits per heavy atom. The summed E-state index contributed by atoms with van der Waals surface area (Å²) in [6.45, 7) is 3.10. The van der Waals surface area contributed by atoms with Gasteiger partial charge < -0.3 is 9.64 Å². The molecule has 0 aliphatic heterocycles. The van der Waals surface area contributed by atoms with Crippen LogP contribution >= 0.6 is 0 Å². The fourth-order valence-corrected chi connectivity index (χ4v) is 3.41. The minimum Gasteiger partial charge on any atom is -0.435 e. The molecule has 1 aromatic rings. The van der Waals surface area contributed by atoms with E-state index >= 15 is 0 Å². The van der Waals surface area contributed by atoms with Crippen molar-refractivity contribution in [2.75, 3.05) is 18.8 Å². The first-order valence-electron chi connectivity index (χ1n) is 7.51. The van der Waals surface area contributed by atoms with Crippen molar-refractivity contribution in [3.63, 3.8) is 0 Å². The molecule has 0 bridgehead atoms. The number of ether oxygens (including phenoxy) is 1. The Morgan fingerprint density at radius 2 is 1.75 bits per heavy atom. The molecule has 0 fully saturated rings.